The van der Waals surface area contributed by atoms with Gasteiger partial charge in [-0.25, -0.2) is 4.79 Å². The Morgan fingerprint density at radius 2 is 1.82 bits per heavy atom. The summed E-state index contributed by atoms with van der Waals surface area (Å²) in [6, 6.07) is 16.0. The number of nitrogens with zero attached hydrogens (tertiary/aromatic N) is 2. The third kappa shape index (κ3) is 6.76. The molecule has 1 atom stereocenters. The smallest absolute Gasteiger partial charge is 0.315 e. The summed E-state index contributed by atoms with van der Waals surface area (Å²) in [5.41, 5.74) is 1.78. The standard InChI is InChI=1S/C24H26ClN5O2S/c25-18-11-7-10-17(15-18)22-29-30-24(33-22)28-21(31)20(14-16-8-3-1-4-9-16)27-23(32)26-19-12-5-2-6-13-19/h1,3-4,7-11,15,19-20H,2,5-6,12-14H2,(H2,26,27,32)(H,28,30,31). The quantitative estimate of drug-likeness (QED) is 0.438. The van der Waals surface area contributed by atoms with Crippen LogP contribution >= 0.6 is 22.9 Å². The molecule has 0 saturated heterocycles. The van der Waals surface area contributed by atoms with E-state index in [1.54, 1.807) is 12.1 Å². The first kappa shape index (κ1) is 23.2. The van der Waals surface area contributed by atoms with E-state index in [9.17, 15) is 9.59 Å². The second-order valence-corrected chi connectivity index (χ2v) is 9.52. The zero-order valence-electron chi connectivity index (χ0n) is 18.1. The molecule has 1 aliphatic rings. The first-order valence-corrected chi connectivity index (χ1v) is 12.3. The Morgan fingerprint density at radius 1 is 1.03 bits per heavy atom. The van der Waals surface area contributed by atoms with E-state index in [0.29, 0.717) is 21.6 Å². The molecule has 0 radical (unpaired) electrons. The van der Waals surface area contributed by atoms with Crippen molar-refractivity contribution in [3.05, 3.63) is 65.2 Å². The van der Waals surface area contributed by atoms with Crippen molar-refractivity contribution in [3.8, 4) is 10.6 Å². The lowest BCUT2D eigenvalue weighted by Gasteiger charge is -2.25. The van der Waals surface area contributed by atoms with Crippen molar-refractivity contribution in [2.45, 2.75) is 50.6 Å². The van der Waals surface area contributed by atoms with Gasteiger partial charge in [0.05, 0.1) is 0 Å². The molecule has 0 bridgehead atoms. The molecule has 3 aromatic rings. The Labute approximate surface area is 202 Å². The van der Waals surface area contributed by atoms with Crippen LogP contribution in [0.3, 0.4) is 0 Å². The molecule has 33 heavy (non-hydrogen) atoms. The molecule has 2 aromatic carbocycles. The number of carbonyl (C=O) groups excluding carboxylic acids is 2. The normalized spacial score (nSPS) is 14.9. The van der Waals surface area contributed by atoms with Gasteiger partial charge >= 0.3 is 6.03 Å². The number of carbonyl (C=O) groups is 2. The highest BCUT2D eigenvalue weighted by Gasteiger charge is 2.24. The van der Waals surface area contributed by atoms with Gasteiger partial charge in [0.15, 0.2) is 0 Å². The minimum atomic E-state index is -0.755. The highest BCUT2D eigenvalue weighted by Crippen LogP contribution is 2.28. The highest BCUT2D eigenvalue weighted by molar-refractivity contribution is 7.18. The van der Waals surface area contributed by atoms with Gasteiger partial charge in [0.1, 0.15) is 11.0 Å². The van der Waals surface area contributed by atoms with Crippen molar-refractivity contribution in [2.24, 2.45) is 0 Å². The SMILES string of the molecule is O=C(NC1CCCCC1)NC(Cc1ccccc1)C(=O)Nc1nnc(-c2cccc(Cl)c2)s1. The van der Waals surface area contributed by atoms with Gasteiger partial charge in [-0.15, -0.1) is 10.2 Å². The summed E-state index contributed by atoms with van der Waals surface area (Å²) in [6.07, 6.45) is 5.75. The first-order valence-electron chi connectivity index (χ1n) is 11.1. The van der Waals surface area contributed by atoms with Crippen LogP contribution in [0.1, 0.15) is 37.7 Å². The molecule has 9 heteroatoms. The van der Waals surface area contributed by atoms with Crippen LogP contribution < -0.4 is 16.0 Å². The monoisotopic (exact) mass is 483 g/mol. The molecule has 1 aliphatic carbocycles. The molecule has 1 unspecified atom stereocenters. The van der Waals surface area contributed by atoms with Crippen molar-refractivity contribution in [1.82, 2.24) is 20.8 Å². The number of urea groups is 1. The number of benzene rings is 2. The van der Waals surface area contributed by atoms with E-state index in [4.69, 9.17) is 11.6 Å². The second kappa shape index (κ2) is 11.2. The predicted molar refractivity (Wildman–Crippen MR) is 131 cm³/mol. The minimum Gasteiger partial charge on any atom is -0.335 e. The lowest BCUT2D eigenvalue weighted by Crippen LogP contribution is -2.51. The zero-order chi connectivity index (χ0) is 23.0. The van der Waals surface area contributed by atoms with Crippen LogP contribution in [0.15, 0.2) is 54.6 Å². The maximum atomic E-state index is 13.1. The largest absolute Gasteiger partial charge is 0.335 e. The van der Waals surface area contributed by atoms with Gasteiger partial charge in [-0.3, -0.25) is 10.1 Å². The minimum absolute atomic E-state index is 0.155. The van der Waals surface area contributed by atoms with E-state index in [1.807, 2.05) is 42.5 Å². The number of halogens is 1. The fourth-order valence-electron chi connectivity index (χ4n) is 3.90. The Morgan fingerprint density at radius 3 is 2.58 bits per heavy atom. The van der Waals surface area contributed by atoms with Crippen LogP contribution in [0.5, 0.6) is 0 Å². The summed E-state index contributed by atoms with van der Waals surface area (Å²) < 4.78 is 0. The van der Waals surface area contributed by atoms with Crippen LogP contribution in [0.25, 0.3) is 10.6 Å². The topological polar surface area (TPSA) is 96.0 Å². The molecular weight excluding hydrogens is 458 g/mol. The van der Waals surface area contributed by atoms with Crippen LogP contribution in [0.4, 0.5) is 9.93 Å². The fraction of sp³-hybridized carbons (Fsp3) is 0.333. The summed E-state index contributed by atoms with van der Waals surface area (Å²) in [7, 11) is 0. The van der Waals surface area contributed by atoms with Crippen LogP contribution in [-0.4, -0.2) is 34.2 Å². The molecule has 0 spiro atoms. The van der Waals surface area contributed by atoms with Crippen molar-refractivity contribution in [2.75, 3.05) is 5.32 Å². The summed E-state index contributed by atoms with van der Waals surface area (Å²) >= 11 is 7.32. The Kier molecular flexibility index (Phi) is 7.91. The van der Waals surface area contributed by atoms with Gasteiger partial charge in [0, 0.05) is 23.0 Å². The van der Waals surface area contributed by atoms with E-state index >= 15 is 0 Å². The van der Waals surface area contributed by atoms with Gasteiger partial charge < -0.3 is 10.6 Å². The third-order valence-electron chi connectivity index (χ3n) is 5.57. The van der Waals surface area contributed by atoms with Gasteiger partial charge in [0.25, 0.3) is 0 Å². The molecule has 1 heterocycles. The predicted octanol–water partition coefficient (Wildman–Crippen LogP) is 5.04. The number of nitrogens with one attached hydrogen (secondary N) is 3. The Hall–Kier alpha value is -2.97. The third-order valence-corrected chi connectivity index (χ3v) is 6.69. The van der Waals surface area contributed by atoms with E-state index < -0.39 is 6.04 Å². The number of anilines is 1. The van der Waals surface area contributed by atoms with Crippen LogP contribution in [0, 0.1) is 0 Å². The van der Waals surface area contributed by atoms with Crippen molar-refractivity contribution < 1.29 is 9.59 Å². The van der Waals surface area contributed by atoms with Gasteiger partial charge in [-0.05, 0) is 30.5 Å². The Bertz CT molecular complexity index is 1090. The molecular formula is C24H26ClN5O2S. The number of rotatable bonds is 7. The van der Waals surface area contributed by atoms with E-state index in [1.165, 1.54) is 17.8 Å². The number of hydrogen-bond donors (Lipinski definition) is 3. The summed E-state index contributed by atoms with van der Waals surface area (Å²) in [5.74, 6) is -0.341. The molecule has 3 N–H and O–H groups in total. The Balaban J connectivity index is 1.44. The van der Waals surface area contributed by atoms with Crippen LogP contribution in [0.2, 0.25) is 5.02 Å². The van der Waals surface area contributed by atoms with E-state index in [2.05, 4.69) is 26.1 Å². The summed E-state index contributed by atoms with van der Waals surface area (Å²) in [6.45, 7) is 0. The lowest BCUT2D eigenvalue weighted by atomic mass is 9.96. The van der Waals surface area contributed by atoms with Crippen molar-refractivity contribution in [1.29, 1.82) is 0 Å². The summed E-state index contributed by atoms with van der Waals surface area (Å²) in [5, 5.41) is 18.5. The molecule has 1 aromatic heterocycles. The maximum Gasteiger partial charge on any atom is 0.315 e. The average Bonchev–Trinajstić information content (AvgIpc) is 3.28. The first-order chi connectivity index (χ1) is 16.1. The number of aromatic nitrogens is 2. The molecule has 7 nitrogen and oxygen atoms in total. The molecule has 4 rings (SSSR count). The molecule has 0 aliphatic heterocycles. The molecule has 1 saturated carbocycles. The zero-order valence-corrected chi connectivity index (χ0v) is 19.7. The highest BCUT2D eigenvalue weighted by atomic mass is 35.5. The van der Waals surface area contributed by atoms with Gasteiger partial charge in [-0.2, -0.15) is 0 Å². The molecule has 172 valence electrons. The van der Waals surface area contributed by atoms with Gasteiger partial charge in [0.2, 0.25) is 11.0 Å². The fourth-order valence-corrected chi connectivity index (χ4v) is 4.83. The van der Waals surface area contributed by atoms with E-state index in [-0.39, 0.29) is 18.0 Å². The maximum absolute atomic E-state index is 13.1. The molecule has 1 fully saturated rings. The number of hydrogen-bond acceptors (Lipinski definition) is 5. The lowest BCUT2D eigenvalue weighted by molar-refractivity contribution is -0.117. The molecule has 3 amide bonds. The van der Waals surface area contributed by atoms with E-state index in [0.717, 1.165) is 36.8 Å². The number of amides is 3. The summed E-state index contributed by atoms with van der Waals surface area (Å²) in [4.78, 5) is 25.8. The van der Waals surface area contributed by atoms with Crippen molar-refractivity contribution >= 4 is 40.0 Å². The van der Waals surface area contributed by atoms with Gasteiger partial charge in [-0.1, -0.05) is 84.7 Å². The average molecular weight is 484 g/mol. The van der Waals surface area contributed by atoms with Crippen LogP contribution in [-0.2, 0) is 11.2 Å². The second-order valence-electron chi connectivity index (χ2n) is 8.11. The van der Waals surface area contributed by atoms with Crippen molar-refractivity contribution in [3.63, 3.8) is 0 Å².